The first-order valence-electron chi connectivity index (χ1n) is 7.30. The molecule has 0 bridgehead atoms. The van der Waals surface area contributed by atoms with Crippen molar-refractivity contribution < 1.29 is 14.8 Å². The monoisotopic (exact) mass is 325 g/mol. The quantitative estimate of drug-likeness (QED) is 0.491. The molecule has 7 nitrogen and oxygen atoms in total. The van der Waals surface area contributed by atoms with Crippen LogP contribution in [0, 0.1) is 10.1 Å². The van der Waals surface area contributed by atoms with E-state index in [9.17, 15) is 14.9 Å². The maximum Gasteiger partial charge on any atom is 0.320 e. The molecule has 3 rings (SSSR count). The van der Waals surface area contributed by atoms with Crippen molar-refractivity contribution in [2.75, 3.05) is 0 Å². The number of nitrogens with one attached hydrogen (secondary N) is 1. The number of carboxylic acids is 1. The number of aromatic nitrogens is 1. The minimum Gasteiger partial charge on any atom is -0.480 e. The van der Waals surface area contributed by atoms with E-state index in [2.05, 4.69) is 4.98 Å². The third-order valence-electron chi connectivity index (χ3n) is 3.93. The number of hydrogen-bond donors (Lipinski definition) is 3. The van der Waals surface area contributed by atoms with E-state index in [0.29, 0.717) is 16.5 Å². The lowest BCUT2D eigenvalue weighted by Crippen LogP contribution is -2.32. The van der Waals surface area contributed by atoms with E-state index in [1.807, 2.05) is 30.3 Å². The van der Waals surface area contributed by atoms with Crippen LogP contribution in [0.1, 0.15) is 5.56 Å². The molecule has 24 heavy (non-hydrogen) atoms. The molecular weight excluding hydrogens is 310 g/mol. The van der Waals surface area contributed by atoms with Gasteiger partial charge in [0.1, 0.15) is 6.04 Å². The molecule has 0 spiro atoms. The highest BCUT2D eigenvalue weighted by atomic mass is 16.6. The van der Waals surface area contributed by atoms with Gasteiger partial charge in [0.15, 0.2) is 0 Å². The topological polar surface area (TPSA) is 122 Å². The average Bonchev–Trinajstić information content (AvgIpc) is 2.98. The molecule has 4 N–H and O–H groups in total. The normalized spacial score (nSPS) is 12.2. The summed E-state index contributed by atoms with van der Waals surface area (Å²) in [4.78, 5) is 24.9. The summed E-state index contributed by atoms with van der Waals surface area (Å²) in [6, 6.07) is 11.5. The molecule has 1 aromatic heterocycles. The Bertz CT molecular complexity index is 918. The van der Waals surface area contributed by atoms with Gasteiger partial charge in [-0.1, -0.05) is 30.3 Å². The van der Waals surface area contributed by atoms with Gasteiger partial charge in [-0.05, 0) is 17.2 Å². The SMILES string of the molecule is N[C@@H](Cc1c[nH]c2c(-c3ccccc3)ccc([N+](=O)[O-])c12)C(=O)O. The van der Waals surface area contributed by atoms with Crippen molar-refractivity contribution in [1.82, 2.24) is 4.98 Å². The lowest BCUT2D eigenvalue weighted by molar-refractivity contribution is -0.383. The number of carbonyl (C=O) groups is 1. The van der Waals surface area contributed by atoms with Crippen LogP contribution in [0.15, 0.2) is 48.7 Å². The van der Waals surface area contributed by atoms with Crippen molar-refractivity contribution in [3.05, 3.63) is 64.3 Å². The molecule has 3 aromatic rings. The molecule has 0 aliphatic heterocycles. The predicted molar refractivity (Wildman–Crippen MR) is 89.7 cm³/mol. The Labute approximate surface area is 136 Å². The first kappa shape index (κ1) is 15.7. The number of aliphatic carboxylic acids is 1. The second-order valence-corrected chi connectivity index (χ2v) is 5.47. The molecule has 7 heteroatoms. The summed E-state index contributed by atoms with van der Waals surface area (Å²) in [7, 11) is 0. The number of nitro benzene ring substituents is 1. The minimum absolute atomic E-state index is 0.00835. The number of fused-ring (bicyclic) bond motifs is 1. The molecular formula is C17H15N3O4. The fourth-order valence-corrected chi connectivity index (χ4v) is 2.79. The van der Waals surface area contributed by atoms with Crippen LogP contribution in [0.25, 0.3) is 22.0 Å². The first-order valence-corrected chi connectivity index (χ1v) is 7.30. The fraction of sp³-hybridized carbons (Fsp3) is 0.118. The Kier molecular flexibility index (Phi) is 4.01. The Morgan fingerprint density at radius 1 is 1.25 bits per heavy atom. The summed E-state index contributed by atoms with van der Waals surface area (Å²) in [5.74, 6) is -1.15. The second-order valence-electron chi connectivity index (χ2n) is 5.47. The van der Waals surface area contributed by atoms with Gasteiger partial charge in [-0.25, -0.2) is 0 Å². The number of hydrogen-bond acceptors (Lipinski definition) is 4. The number of nitrogens with zero attached hydrogens (tertiary/aromatic N) is 1. The van der Waals surface area contributed by atoms with Gasteiger partial charge in [-0.3, -0.25) is 14.9 Å². The van der Waals surface area contributed by atoms with Crippen molar-refractivity contribution in [2.24, 2.45) is 5.73 Å². The third kappa shape index (κ3) is 2.72. The Morgan fingerprint density at radius 3 is 2.58 bits per heavy atom. The number of nitro groups is 1. The lowest BCUT2D eigenvalue weighted by Gasteiger charge is -2.07. The zero-order valence-corrected chi connectivity index (χ0v) is 12.6. The van der Waals surface area contributed by atoms with Crippen molar-refractivity contribution >= 4 is 22.6 Å². The average molecular weight is 325 g/mol. The van der Waals surface area contributed by atoms with Gasteiger partial charge in [-0.2, -0.15) is 0 Å². The van der Waals surface area contributed by atoms with E-state index in [0.717, 1.165) is 11.1 Å². The molecule has 0 aliphatic carbocycles. The number of benzene rings is 2. The highest BCUT2D eigenvalue weighted by Gasteiger charge is 2.22. The second kappa shape index (κ2) is 6.13. The Morgan fingerprint density at radius 2 is 1.96 bits per heavy atom. The van der Waals surface area contributed by atoms with Crippen LogP contribution < -0.4 is 5.73 Å². The van der Waals surface area contributed by atoms with Gasteiger partial charge in [0.25, 0.3) is 5.69 Å². The van der Waals surface area contributed by atoms with Crippen molar-refractivity contribution in [1.29, 1.82) is 0 Å². The number of non-ortho nitro benzene ring substituents is 1. The van der Waals surface area contributed by atoms with E-state index in [1.165, 1.54) is 6.07 Å². The summed E-state index contributed by atoms with van der Waals surface area (Å²) in [6.07, 6.45) is 1.60. The van der Waals surface area contributed by atoms with Crippen LogP contribution in [-0.4, -0.2) is 27.0 Å². The molecule has 1 atom stereocenters. The lowest BCUT2D eigenvalue weighted by atomic mass is 9.98. The maximum atomic E-state index is 11.4. The molecule has 122 valence electrons. The van der Waals surface area contributed by atoms with Crippen LogP contribution in [0.3, 0.4) is 0 Å². The molecule has 0 unspecified atom stereocenters. The first-order chi connectivity index (χ1) is 11.5. The van der Waals surface area contributed by atoms with Crippen LogP contribution in [-0.2, 0) is 11.2 Å². The molecule has 0 aliphatic rings. The number of carboxylic acid groups (broad SMARTS) is 1. The predicted octanol–water partition coefficient (Wildman–Crippen LogP) is 2.70. The number of aromatic amines is 1. The molecule has 0 fully saturated rings. The van der Waals surface area contributed by atoms with E-state index < -0.39 is 16.9 Å². The molecule has 0 amide bonds. The zero-order valence-electron chi connectivity index (χ0n) is 12.6. The van der Waals surface area contributed by atoms with E-state index >= 15 is 0 Å². The van der Waals surface area contributed by atoms with E-state index in [4.69, 9.17) is 10.8 Å². The van der Waals surface area contributed by atoms with Gasteiger partial charge < -0.3 is 15.8 Å². The summed E-state index contributed by atoms with van der Waals surface area (Å²) >= 11 is 0. The summed E-state index contributed by atoms with van der Waals surface area (Å²) in [5, 5.41) is 20.8. The third-order valence-corrected chi connectivity index (χ3v) is 3.93. The molecule has 1 heterocycles. The van der Waals surface area contributed by atoms with Crippen molar-refractivity contribution in [3.8, 4) is 11.1 Å². The number of H-pyrrole nitrogens is 1. The van der Waals surface area contributed by atoms with Crippen LogP contribution >= 0.6 is 0 Å². The molecule has 2 aromatic carbocycles. The van der Waals surface area contributed by atoms with Gasteiger partial charge >= 0.3 is 5.97 Å². The Hall–Kier alpha value is -3.19. The highest BCUT2D eigenvalue weighted by molar-refractivity contribution is 6.01. The van der Waals surface area contributed by atoms with Crippen LogP contribution in [0.4, 0.5) is 5.69 Å². The maximum absolute atomic E-state index is 11.4. The molecule has 0 saturated heterocycles. The van der Waals surface area contributed by atoms with Crippen LogP contribution in [0.2, 0.25) is 0 Å². The summed E-state index contributed by atoms with van der Waals surface area (Å²) in [5.41, 5.74) is 8.36. The summed E-state index contributed by atoms with van der Waals surface area (Å²) < 4.78 is 0. The van der Waals surface area contributed by atoms with Crippen molar-refractivity contribution in [3.63, 3.8) is 0 Å². The minimum atomic E-state index is -1.15. The van der Waals surface area contributed by atoms with Crippen LogP contribution in [0.5, 0.6) is 0 Å². The van der Waals surface area contributed by atoms with Crippen molar-refractivity contribution in [2.45, 2.75) is 12.5 Å². The standard InChI is InChI=1S/C17H15N3O4/c18-13(17(21)22)8-11-9-19-16-12(10-4-2-1-3-5-10)6-7-14(15(11)16)20(23)24/h1-7,9,13,19H,8,18H2,(H,21,22)/t13-/m0/s1. The largest absolute Gasteiger partial charge is 0.480 e. The number of nitrogens with two attached hydrogens (primary N) is 1. The van der Waals surface area contributed by atoms with Gasteiger partial charge in [0.05, 0.1) is 15.8 Å². The highest BCUT2D eigenvalue weighted by Crippen LogP contribution is 2.36. The van der Waals surface area contributed by atoms with E-state index in [1.54, 1.807) is 12.3 Å². The summed E-state index contributed by atoms with van der Waals surface area (Å²) in [6.45, 7) is 0. The smallest absolute Gasteiger partial charge is 0.320 e. The molecule has 0 radical (unpaired) electrons. The number of rotatable bonds is 5. The van der Waals surface area contributed by atoms with Gasteiger partial charge in [-0.15, -0.1) is 0 Å². The van der Waals surface area contributed by atoms with E-state index in [-0.39, 0.29) is 12.1 Å². The Balaban J connectivity index is 2.22. The van der Waals surface area contributed by atoms with Gasteiger partial charge in [0, 0.05) is 24.2 Å². The molecule has 0 saturated carbocycles. The fourth-order valence-electron chi connectivity index (χ4n) is 2.79. The van der Waals surface area contributed by atoms with Gasteiger partial charge in [0.2, 0.25) is 0 Å². The zero-order chi connectivity index (χ0) is 17.3.